The largest absolute Gasteiger partial charge is 0.467 e. The van der Waals surface area contributed by atoms with Crippen LogP contribution in [0.2, 0.25) is 0 Å². The second-order valence-electron chi connectivity index (χ2n) is 6.74. The van der Waals surface area contributed by atoms with E-state index >= 15 is 0 Å². The Hall–Kier alpha value is -2.94. The Labute approximate surface area is 176 Å². The number of rotatable bonds is 10. The fourth-order valence-electron chi connectivity index (χ4n) is 2.81. The van der Waals surface area contributed by atoms with Crippen molar-refractivity contribution < 1.29 is 22.4 Å². The van der Waals surface area contributed by atoms with Gasteiger partial charge in [-0.2, -0.15) is 4.31 Å². The van der Waals surface area contributed by atoms with E-state index in [2.05, 4.69) is 5.32 Å². The lowest BCUT2D eigenvalue weighted by Gasteiger charge is -2.17. The van der Waals surface area contributed by atoms with Crippen molar-refractivity contribution in [3.05, 3.63) is 89.9 Å². The lowest BCUT2D eigenvalue weighted by atomic mass is 10.1. The van der Waals surface area contributed by atoms with Gasteiger partial charge in [-0.15, -0.1) is 0 Å². The number of nitrogens with zero attached hydrogens (tertiary/aromatic N) is 1. The molecule has 0 atom stereocenters. The van der Waals surface area contributed by atoms with Crippen molar-refractivity contribution in [2.75, 3.05) is 13.6 Å². The fraction of sp³-hybridized carbons (Fsp3) is 0.227. The van der Waals surface area contributed by atoms with Crippen LogP contribution in [-0.2, 0) is 39.3 Å². The van der Waals surface area contributed by atoms with Crippen LogP contribution in [0.4, 0.5) is 0 Å². The molecule has 8 heteroatoms. The van der Waals surface area contributed by atoms with Gasteiger partial charge in [0, 0.05) is 13.6 Å². The quantitative estimate of drug-likeness (QED) is 0.536. The lowest BCUT2D eigenvalue weighted by molar-refractivity contribution is -0.121. The van der Waals surface area contributed by atoms with Gasteiger partial charge in [-0.3, -0.25) is 4.79 Å². The molecular weight excluding hydrogens is 404 g/mol. The number of carbonyl (C=O) groups excluding carboxylic acids is 1. The third-order valence-corrected chi connectivity index (χ3v) is 6.21. The van der Waals surface area contributed by atoms with Gasteiger partial charge in [0.1, 0.15) is 12.4 Å². The highest BCUT2D eigenvalue weighted by Crippen LogP contribution is 2.13. The summed E-state index contributed by atoms with van der Waals surface area (Å²) in [6.07, 6.45) is 1.60. The molecule has 0 bridgehead atoms. The molecule has 0 spiro atoms. The predicted molar refractivity (Wildman–Crippen MR) is 112 cm³/mol. The summed E-state index contributed by atoms with van der Waals surface area (Å²) < 4.78 is 36.9. The topological polar surface area (TPSA) is 88.8 Å². The van der Waals surface area contributed by atoms with Gasteiger partial charge in [0.25, 0.3) is 0 Å². The first-order valence-electron chi connectivity index (χ1n) is 9.41. The van der Waals surface area contributed by atoms with Crippen molar-refractivity contribution in [2.45, 2.75) is 24.7 Å². The predicted octanol–water partition coefficient (Wildman–Crippen LogP) is 2.93. The van der Waals surface area contributed by atoms with E-state index in [-0.39, 0.29) is 17.3 Å². The number of benzene rings is 2. The average molecular weight is 429 g/mol. The van der Waals surface area contributed by atoms with Gasteiger partial charge in [0.05, 0.1) is 24.3 Å². The molecule has 1 amide bonds. The number of hydrogen-bond donors (Lipinski definition) is 1. The van der Waals surface area contributed by atoms with Crippen LogP contribution in [0, 0.1) is 0 Å². The van der Waals surface area contributed by atoms with Gasteiger partial charge in [0.2, 0.25) is 15.9 Å². The van der Waals surface area contributed by atoms with E-state index in [1.54, 1.807) is 24.5 Å². The van der Waals surface area contributed by atoms with Crippen LogP contribution in [0.25, 0.3) is 0 Å². The number of carbonyl (C=O) groups is 1. The Morgan fingerprint density at radius 1 is 1.00 bits per heavy atom. The highest BCUT2D eigenvalue weighted by Gasteiger charge is 2.22. The molecule has 1 N–H and O–H groups in total. The van der Waals surface area contributed by atoms with E-state index in [4.69, 9.17) is 9.15 Å². The van der Waals surface area contributed by atoms with Crippen LogP contribution in [0.15, 0.2) is 82.3 Å². The molecule has 30 heavy (non-hydrogen) atoms. The van der Waals surface area contributed by atoms with Crippen molar-refractivity contribution in [3.63, 3.8) is 0 Å². The van der Waals surface area contributed by atoms with Crippen LogP contribution in [0.1, 0.15) is 16.9 Å². The normalized spacial score (nSPS) is 11.5. The molecular formula is C22H24N2O5S. The number of hydrogen-bond acceptors (Lipinski definition) is 5. The SMILES string of the molecule is CN(CC(=O)NCc1cccc(COCc2ccco2)c1)S(=O)(=O)c1ccccc1. The summed E-state index contributed by atoms with van der Waals surface area (Å²) in [4.78, 5) is 12.4. The number of nitrogens with one attached hydrogen (secondary N) is 1. The van der Waals surface area contributed by atoms with Crippen molar-refractivity contribution in [2.24, 2.45) is 0 Å². The molecule has 0 saturated carbocycles. The Morgan fingerprint density at radius 2 is 1.77 bits per heavy atom. The summed E-state index contributed by atoms with van der Waals surface area (Å²) >= 11 is 0. The zero-order chi connectivity index (χ0) is 21.4. The van der Waals surface area contributed by atoms with E-state index in [0.29, 0.717) is 19.8 Å². The van der Waals surface area contributed by atoms with Crippen molar-refractivity contribution in [3.8, 4) is 0 Å². The van der Waals surface area contributed by atoms with Crippen LogP contribution in [0.3, 0.4) is 0 Å². The molecule has 0 aliphatic heterocycles. The van der Waals surface area contributed by atoms with Crippen molar-refractivity contribution >= 4 is 15.9 Å². The van der Waals surface area contributed by atoms with E-state index < -0.39 is 10.0 Å². The van der Waals surface area contributed by atoms with Crippen LogP contribution >= 0.6 is 0 Å². The van der Waals surface area contributed by atoms with Gasteiger partial charge in [0.15, 0.2) is 0 Å². The molecule has 0 aliphatic rings. The number of sulfonamides is 1. The number of likely N-dealkylation sites (N-methyl/N-ethyl adjacent to an activating group) is 1. The Morgan fingerprint density at radius 3 is 2.50 bits per heavy atom. The molecule has 3 aromatic rings. The molecule has 3 rings (SSSR count). The first-order chi connectivity index (χ1) is 14.4. The summed E-state index contributed by atoms with van der Waals surface area (Å²) in [6, 6.07) is 19.3. The zero-order valence-electron chi connectivity index (χ0n) is 16.7. The van der Waals surface area contributed by atoms with Gasteiger partial charge in [-0.05, 0) is 35.4 Å². The smallest absolute Gasteiger partial charge is 0.243 e. The third-order valence-electron chi connectivity index (χ3n) is 4.39. The van der Waals surface area contributed by atoms with Crippen molar-refractivity contribution in [1.82, 2.24) is 9.62 Å². The molecule has 0 fully saturated rings. The second kappa shape index (κ2) is 10.2. The molecule has 0 radical (unpaired) electrons. The van der Waals surface area contributed by atoms with Crippen LogP contribution in [-0.4, -0.2) is 32.2 Å². The molecule has 0 unspecified atom stereocenters. The summed E-state index contributed by atoms with van der Waals surface area (Å²) in [6.45, 7) is 0.837. The zero-order valence-corrected chi connectivity index (χ0v) is 17.5. The molecule has 0 aliphatic carbocycles. The Kier molecular flexibility index (Phi) is 7.40. The molecule has 1 aromatic heterocycles. The summed E-state index contributed by atoms with van der Waals surface area (Å²) in [7, 11) is -2.32. The Balaban J connectivity index is 1.48. The van der Waals surface area contributed by atoms with E-state index in [1.165, 1.54) is 19.2 Å². The maximum Gasteiger partial charge on any atom is 0.243 e. The van der Waals surface area contributed by atoms with E-state index in [0.717, 1.165) is 21.2 Å². The minimum atomic E-state index is -3.70. The van der Waals surface area contributed by atoms with Crippen LogP contribution in [0.5, 0.6) is 0 Å². The molecule has 2 aromatic carbocycles. The Bertz CT molecular complexity index is 1050. The molecule has 0 saturated heterocycles. The minimum absolute atomic E-state index is 0.155. The fourth-order valence-corrected chi connectivity index (χ4v) is 3.96. The monoisotopic (exact) mass is 428 g/mol. The summed E-state index contributed by atoms with van der Waals surface area (Å²) in [5, 5.41) is 2.76. The number of amides is 1. The number of furan rings is 1. The second-order valence-corrected chi connectivity index (χ2v) is 8.79. The summed E-state index contributed by atoms with van der Waals surface area (Å²) in [5.41, 5.74) is 1.87. The van der Waals surface area contributed by atoms with Gasteiger partial charge in [-0.1, -0.05) is 42.5 Å². The van der Waals surface area contributed by atoms with Gasteiger partial charge < -0.3 is 14.5 Å². The number of ether oxygens (including phenoxy) is 1. The molecule has 1 heterocycles. The van der Waals surface area contributed by atoms with Crippen LogP contribution < -0.4 is 5.32 Å². The average Bonchev–Trinajstić information content (AvgIpc) is 3.27. The maximum absolute atomic E-state index is 12.5. The maximum atomic E-state index is 12.5. The third kappa shape index (κ3) is 6.03. The van der Waals surface area contributed by atoms with Gasteiger partial charge >= 0.3 is 0 Å². The van der Waals surface area contributed by atoms with E-state index in [1.807, 2.05) is 36.4 Å². The minimum Gasteiger partial charge on any atom is -0.467 e. The standard InChI is InChI=1S/C22H24N2O5S/c1-24(30(26,27)21-10-3-2-4-11-21)15-22(25)23-14-18-7-5-8-19(13-18)16-28-17-20-9-6-12-29-20/h2-13H,14-17H2,1H3,(H,23,25). The van der Waals surface area contributed by atoms with Gasteiger partial charge in [-0.25, -0.2) is 8.42 Å². The van der Waals surface area contributed by atoms with Crippen molar-refractivity contribution in [1.29, 1.82) is 0 Å². The van der Waals surface area contributed by atoms with E-state index in [9.17, 15) is 13.2 Å². The molecule has 158 valence electrons. The first kappa shape index (κ1) is 21.8. The lowest BCUT2D eigenvalue weighted by Crippen LogP contribution is -2.38. The molecule has 7 nitrogen and oxygen atoms in total. The summed E-state index contributed by atoms with van der Waals surface area (Å²) in [5.74, 6) is 0.379. The first-order valence-corrected chi connectivity index (χ1v) is 10.8. The highest BCUT2D eigenvalue weighted by atomic mass is 32.2. The highest BCUT2D eigenvalue weighted by molar-refractivity contribution is 7.89.